The molecule has 0 saturated heterocycles. The lowest BCUT2D eigenvalue weighted by Crippen LogP contribution is -2.10. The highest BCUT2D eigenvalue weighted by Gasteiger charge is 2.11. The van der Waals surface area contributed by atoms with Gasteiger partial charge in [-0.2, -0.15) is 0 Å². The van der Waals surface area contributed by atoms with Crippen molar-refractivity contribution in [1.29, 1.82) is 0 Å². The third-order valence-electron chi connectivity index (χ3n) is 1.96. The first-order valence-corrected chi connectivity index (χ1v) is 5.17. The second kappa shape index (κ2) is 5.22. The van der Waals surface area contributed by atoms with Gasteiger partial charge in [-0.3, -0.25) is 0 Å². The van der Waals surface area contributed by atoms with Crippen molar-refractivity contribution < 1.29 is 9.47 Å². The van der Waals surface area contributed by atoms with Gasteiger partial charge in [-0.1, -0.05) is 15.9 Å². The van der Waals surface area contributed by atoms with E-state index in [9.17, 15) is 0 Å². The zero-order valence-electron chi connectivity index (χ0n) is 8.50. The van der Waals surface area contributed by atoms with Crippen molar-refractivity contribution >= 4 is 15.9 Å². The van der Waals surface area contributed by atoms with Gasteiger partial charge in [0.2, 0.25) is 0 Å². The maximum Gasteiger partial charge on any atom is 0.124 e. The van der Waals surface area contributed by atoms with Crippen molar-refractivity contribution in [3.05, 3.63) is 23.8 Å². The Balaban J connectivity index is 3.08. The van der Waals surface area contributed by atoms with E-state index in [0.717, 1.165) is 17.1 Å². The van der Waals surface area contributed by atoms with Crippen molar-refractivity contribution in [3.63, 3.8) is 0 Å². The molecule has 78 valence electrons. The molecule has 14 heavy (non-hydrogen) atoms. The first-order valence-electron chi connectivity index (χ1n) is 4.26. The van der Waals surface area contributed by atoms with E-state index in [0.29, 0.717) is 0 Å². The number of hydrogen-bond donors (Lipinski definition) is 1. The molecule has 0 aromatic heterocycles. The molecule has 0 heterocycles. The average molecular weight is 260 g/mol. The fourth-order valence-electron chi connectivity index (χ4n) is 1.19. The van der Waals surface area contributed by atoms with Gasteiger partial charge in [-0.25, -0.2) is 0 Å². The van der Waals surface area contributed by atoms with Gasteiger partial charge in [0.05, 0.1) is 19.2 Å². The van der Waals surface area contributed by atoms with Gasteiger partial charge >= 0.3 is 0 Å². The van der Waals surface area contributed by atoms with E-state index in [1.807, 2.05) is 25.2 Å². The number of rotatable bonds is 4. The molecule has 0 bridgehead atoms. The zero-order valence-corrected chi connectivity index (χ0v) is 10.1. The first-order chi connectivity index (χ1) is 6.72. The van der Waals surface area contributed by atoms with E-state index in [4.69, 9.17) is 9.47 Å². The van der Waals surface area contributed by atoms with Gasteiger partial charge in [0.1, 0.15) is 11.5 Å². The minimum atomic E-state index is 0.0625. The van der Waals surface area contributed by atoms with Crippen molar-refractivity contribution in [2.24, 2.45) is 0 Å². The van der Waals surface area contributed by atoms with E-state index in [-0.39, 0.29) is 4.95 Å². The molecule has 1 atom stereocenters. The lowest BCUT2D eigenvalue weighted by atomic mass is 10.2. The molecule has 0 saturated carbocycles. The molecule has 0 amide bonds. The number of alkyl halides is 1. The standard InChI is InChI=1S/C10H14BrNO2/c1-12-10(11)8-6-7(13-2)4-5-9(8)14-3/h4-6,10,12H,1-3H3. The highest BCUT2D eigenvalue weighted by molar-refractivity contribution is 9.09. The lowest BCUT2D eigenvalue weighted by molar-refractivity contribution is 0.397. The van der Waals surface area contributed by atoms with Crippen molar-refractivity contribution in [1.82, 2.24) is 5.32 Å². The van der Waals surface area contributed by atoms with E-state index in [1.54, 1.807) is 14.2 Å². The van der Waals surface area contributed by atoms with Crippen LogP contribution < -0.4 is 14.8 Å². The normalized spacial score (nSPS) is 12.3. The van der Waals surface area contributed by atoms with Crippen LogP contribution in [0.15, 0.2) is 18.2 Å². The summed E-state index contributed by atoms with van der Waals surface area (Å²) in [5.41, 5.74) is 1.02. The van der Waals surface area contributed by atoms with Crippen LogP contribution in [0.2, 0.25) is 0 Å². The van der Waals surface area contributed by atoms with Gasteiger partial charge in [-0.05, 0) is 25.2 Å². The number of hydrogen-bond acceptors (Lipinski definition) is 3. The third-order valence-corrected chi connectivity index (χ3v) is 2.91. The number of ether oxygens (including phenoxy) is 2. The van der Waals surface area contributed by atoms with Crippen LogP contribution in [-0.2, 0) is 0 Å². The second-order valence-electron chi connectivity index (χ2n) is 2.76. The molecule has 4 heteroatoms. The van der Waals surface area contributed by atoms with Crippen molar-refractivity contribution in [3.8, 4) is 11.5 Å². The van der Waals surface area contributed by atoms with Gasteiger partial charge in [-0.15, -0.1) is 0 Å². The Morgan fingerprint density at radius 2 is 2.00 bits per heavy atom. The first kappa shape index (κ1) is 11.3. The lowest BCUT2D eigenvalue weighted by Gasteiger charge is -2.14. The summed E-state index contributed by atoms with van der Waals surface area (Å²) >= 11 is 3.49. The second-order valence-corrected chi connectivity index (χ2v) is 3.67. The molecule has 1 N–H and O–H groups in total. The van der Waals surface area contributed by atoms with Crippen LogP contribution in [0.5, 0.6) is 11.5 Å². The summed E-state index contributed by atoms with van der Waals surface area (Å²) in [6.45, 7) is 0. The van der Waals surface area contributed by atoms with Crippen LogP contribution >= 0.6 is 15.9 Å². The Morgan fingerprint density at radius 3 is 2.50 bits per heavy atom. The van der Waals surface area contributed by atoms with Crippen LogP contribution in [0.4, 0.5) is 0 Å². The average Bonchev–Trinajstić information content (AvgIpc) is 2.27. The minimum absolute atomic E-state index is 0.0625. The summed E-state index contributed by atoms with van der Waals surface area (Å²) in [4.78, 5) is 0.0625. The Kier molecular flexibility index (Phi) is 4.22. The largest absolute Gasteiger partial charge is 0.497 e. The molecule has 0 aliphatic carbocycles. The molecular formula is C10H14BrNO2. The molecule has 0 radical (unpaired) electrons. The molecular weight excluding hydrogens is 246 g/mol. The highest BCUT2D eigenvalue weighted by Crippen LogP contribution is 2.31. The summed E-state index contributed by atoms with van der Waals surface area (Å²) in [5.74, 6) is 1.66. The summed E-state index contributed by atoms with van der Waals surface area (Å²) in [5, 5.41) is 3.09. The molecule has 1 aromatic rings. The Bertz CT molecular complexity index is 304. The van der Waals surface area contributed by atoms with Crippen LogP contribution in [-0.4, -0.2) is 21.3 Å². The smallest absolute Gasteiger partial charge is 0.124 e. The molecule has 3 nitrogen and oxygen atoms in total. The van der Waals surface area contributed by atoms with Gasteiger partial charge in [0.25, 0.3) is 0 Å². The quantitative estimate of drug-likeness (QED) is 0.665. The third kappa shape index (κ3) is 2.39. The summed E-state index contributed by atoms with van der Waals surface area (Å²) < 4.78 is 10.4. The van der Waals surface area contributed by atoms with Crippen LogP contribution in [0.3, 0.4) is 0 Å². The number of halogens is 1. The van der Waals surface area contributed by atoms with Crippen LogP contribution in [0.1, 0.15) is 10.5 Å². The Labute approximate surface area is 92.5 Å². The van der Waals surface area contributed by atoms with E-state index < -0.39 is 0 Å². The Morgan fingerprint density at radius 1 is 1.29 bits per heavy atom. The van der Waals surface area contributed by atoms with E-state index in [1.165, 1.54) is 0 Å². The van der Waals surface area contributed by atoms with Crippen LogP contribution in [0, 0.1) is 0 Å². The van der Waals surface area contributed by atoms with Gasteiger partial charge in [0.15, 0.2) is 0 Å². The van der Waals surface area contributed by atoms with E-state index >= 15 is 0 Å². The highest BCUT2D eigenvalue weighted by atomic mass is 79.9. The SMILES string of the molecule is CNC(Br)c1cc(OC)ccc1OC. The molecule has 1 rings (SSSR count). The Hall–Kier alpha value is -0.740. The molecule has 1 aromatic carbocycles. The zero-order chi connectivity index (χ0) is 10.6. The van der Waals surface area contributed by atoms with Crippen molar-refractivity contribution in [2.45, 2.75) is 4.95 Å². The van der Waals surface area contributed by atoms with Crippen LogP contribution in [0.25, 0.3) is 0 Å². The van der Waals surface area contributed by atoms with Gasteiger partial charge in [0, 0.05) is 5.56 Å². The predicted octanol–water partition coefficient (Wildman–Crippen LogP) is 2.32. The fraction of sp³-hybridized carbons (Fsp3) is 0.400. The monoisotopic (exact) mass is 259 g/mol. The fourth-order valence-corrected chi connectivity index (χ4v) is 1.55. The summed E-state index contributed by atoms with van der Waals surface area (Å²) in [6, 6.07) is 5.70. The summed E-state index contributed by atoms with van der Waals surface area (Å²) in [7, 11) is 5.17. The molecule has 1 unspecified atom stereocenters. The molecule has 0 fully saturated rings. The van der Waals surface area contributed by atoms with Gasteiger partial charge < -0.3 is 14.8 Å². The maximum atomic E-state index is 5.24. The maximum absolute atomic E-state index is 5.24. The van der Waals surface area contributed by atoms with Crippen molar-refractivity contribution in [2.75, 3.05) is 21.3 Å². The molecule has 0 spiro atoms. The molecule has 0 aliphatic heterocycles. The minimum Gasteiger partial charge on any atom is -0.497 e. The number of methoxy groups -OCH3 is 2. The predicted molar refractivity (Wildman–Crippen MR) is 60.3 cm³/mol. The number of nitrogens with one attached hydrogen (secondary N) is 1. The van der Waals surface area contributed by atoms with E-state index in [2.05, 4.69) is 21.2 Å². The summed E-state index contributed by atoms with van der Waals surface area (Å²) in [6.07, 6.45) is 0. The number of benzene rings is 1. The topological polar surface area (TPSA) is 30.5 Å². The molecule has 0 aliphatic rings.